The molecule has 0 fully saturated rings. The van der Waals surface area contributed by atoms with Crippen molar-refractivity contribution in [2.75, 3.05) is 0 Å². The van der Waals surface area contributed by atoms with Crippen LogP contribution in [-0.4, -0.2) is 11.1 Å². The molecule has 0 aromatic carbocycles. The second-order valence-corrected chi connectivity index (χ2v) is 3.81. The summed E-state index contributed by atoms with van der Waals surface area (Å²) < 4.78 is 0. The van der Waals surface area contributed by atoms with Gasteiger partial charge in [0.25, 0.3) is 0 Å². The average molecular weight is 358 g/mol. The molecule has 0 aliphatic carbocycles. The minimum absolute atomic E-state index is 0. The Balaban J connectivity index is -0.000000123. The van der Waals surface area contributed by atoms with Crippen LogP contribution in [0.5, 0.6) is 0 Å². The van der Waals surface area contributed by atoms with Gasteiger partial charge in [-0.1, -0.05) is 52.2 Å². The number of carboxylic acids is 1. The van der Waals surface area contributed by atoms with Crippen molar-refractivity contribution in [3.05, 3.63) is 44.4 Å². The molecule has 0 atom stereocenters. The van der Waals surface area contributed by atoms with Crippen LogP contribution in [0.4, 0.5) is 0 Å². The molecular formula is C14H25CsO2. The quantitative estimate of drug-likeness (QED) is 0.594. The van der Waals surface area contributed by atoms with Gasteiger partial charge in [0, 0.05) is 6.42 Å². The van der Waals surface area contributed by atoms with Crippen LogP contribution in [0.25, 0.3) is 0 Å². The predicted octanol–water partition coefficient (Wildman–Crippen LogP) is 1.27. The van der Waals surface area contributed by atoms with Crippen molar-refractivity contribution in [1.82, 2.24) is 0 Å². The molecule has 17 heavy (non-hydrogen) atoms. The summed E-state index contributed by atoms with van der Waals surface area (Å²) in [4.78, 5) is 10.1. The van der Waals surface area contributed by atoms with Gasteiger partial charge in [0.05, 0.1) is 0 Å². The maximum absolute atomic E-state index is 10.1. The number of carbonyl (C=O) groups is 1. The van der Waals surface area contributed by atoms with Gasteiger partial charge in [-0.15, -0.1) is 0 Å². The Labute approximate surface area is 166 Å². The third-order valence-corrected chi connectivity index (χ3v) is 1.22. The molecule has 0 spiro atoms. The van der Waals surface area contributed by atoms with Crippen molar-refractivity contribution >= 4 is 5.97 Å². The third-order valence-electron chi connectivity index (χ3n) is 1.22. The molecule has 0 radical (unpaired) electrons. The van der Waals surface area contributed by atoms with E-state index in [1.165, 1.54) is 0 Å². The summed E-state index contributed by atoms with van der Waals surface area (Å²) in [6.45, 7) is 13.6. The van der Waals surface area contributed by atoms with E-state index in [1.54, 1.807) is 18.2 Å². The molecule has 1 N–H and O–H groups in total. The summed E-state index contributed by atoms with van der Waals surface area (Å²) >= 11 is 0. The van der Waals surface area contributed by atoms with E-state index >= 15 is 0 Å². The molecule has 0 amide bonds. The molecule has 0 rings (SSSR count). The summed E-state index contributed by atoms with van der Waals surface area (Å²) in [6.07, 6.45) is 5.69. The molecule has 0 unspecified atom stereocenters. The van der Waals surface area contributed by atoms with Gasteiger partial charge in [-0.3, -0.25) is 4.79 Å². The zero-order valence-electron chi connectivity index (χ0n) is 12.0. The SMILES string of the molecule is C=C/C=C(\C=C)CCC(=O)O.CC(C)C.[CH3-].[Cs+]. The maximum atomic E-state index is 10.1. The molecule has 0 bridgehead atoms. The number of carboxylic acid groups (broad SMARTS) is 1. The van der Waals surface area contributed by atoms with E-state index in [0.29, 0.717) is 6.42 Å². The van der Waals surface area contributed by atoms with Crippen LogP contribution < -0.4 is 68.9 Å². The Kier molecular flexibility index (Phi) is 29.6. The number of allylic oxidation sites excluding steroid dienone is 4. The van der Waals surface area contributed by atoms with E-state index in [1.807, 2.05) is 0 Å². The van der Waals surface area contributed by atoms with Crippen LogP contribution in [-0.2, 0) is 4.79 Å². The van der Waals surface area contributed by atoms with E-state index in [2.05, 4.69) is 33.9 Å². The van der Waals surface area contributed by atoms with Crippen LogP contribution in [0.1, 0.15) is 33.6 Å². The average Bonchev–Trinajstić information content (AvgIpc) is 2.11. The molecule has 94 valence electrons. The first-order chi connectivity index (χ1) is 6.93. The summed E-state index contributed by atoms with van der Waals surface area (Å²) in [5.41, 5.74) is 0.905. The van der Waals surface area contributed by atoms with Crippen molar-refractivity contribution in [1.29, 1.82) is 0 Å². The van der Waals surface area contributed by atoms with Gasteiger partial charge in [-0.25, -0.2) is 0 Å². The standard InChI is InChI=1S/C9H12O2.C4H10.CH3.Cs/c1-3-5-8(4-2)6-7-9(10)11;1-4(2)3;;/h3-5H,1-2,6-7H2,(H,10,11);4H,1-3H3;1H3;/q;;-1;+1/b8-5+;;;. The number of hydrogen-bond acceptors (Lipinski definition) is 1. The fourth-order valence-corrected chi connectivity index (χ4v) is 0.656. The van der Waals surface area contributed by atoms with Gasteiger partial charge in [-0.05, 0) is 17.9 Å². The first-order valence-electron chi connectivity index (χ1n) is 5.09. The van der Waals surface area contributed by atoms with E-state index in [-0.39, 0.29) is 82.7 Å². The van der Waals surface area contributed by atoms with Gasteiger partial charge in [-0.2, -0.15) is 0 Å². The van der Waals surface area contributed by atoms with Gasteiger partial charge in [0.15, 0.2) is 0 Å². The predicted molar refractivity (Wildman–Crippen MR) is 72.3 cm³/mol. The summed E-state index contributed by atoms with van der Waals surface area (Å²) in [7, 11) is 0. The van der Waals surface area contributed by atoms with Crippen molar-refractivity contribution in [2.45, 2.75) is 33.6 Å². The largest absolute Gasteiger partial charge is 1.00 e. The summed E-state index contributed by atoms with van der Waals surface area (Å²) in [5, 5.41) is 8.34. The Bertz CT molecular complexity index is 228. The van der Waals surface area contributed by atoms with Crippen LogP contribution in [0, 0.1) is 13.3 Å². The Morgan fingerprint density at radius 2 is 1.65 bits per heavy atom. The topological polar surface area (TPSA) is 37.3 Å². The Morgan fingerprint density at radius 3 is 1.88 bits per heavy atom. The van der Waals surface area contributed by atoms with Crippen molar-refractivity contribution in [3.8, 4) is 0 Å². The second-order valence-electron chi connectivity index (χ2n) is 3.81. The summed E-state index contributed by atoms with van der Waals surface area (Å²) in [6, 6.07) is 0. The Morgan fingerprint density at radius 1 is 1.24 bits per heavy atom. The van der Waals surface area contributed by atoms with E-state index < -0.39 is 5.97 Å². The van der Waals surface area contributed by atoms with Gasteiger partial charge < -0.3 is 12.5 Å². The van der Waals surface area contributed by atoms with E-state index in [0.717, 1.165) is 11.5 Å². The van der Waals surface area contributed by atoms with Crippen molar-refractivity contribution in [3.63, 3.8) is 0 Å². The van der Waals surface area contributed by atoms with Gasteiger partial charge in [0.1, 0.15) is 0 Å². The fourth-order valence-electron chi connectivity index (χ4n) is 0.656. The zero-order valence-corrected chi connectivity index (χ0v) is 18.3. The zero-order chi connectivity index (χ0) is 12.3. The van der Waals surface area contributed by atoms with Gasteiger partial charge >= 0.3 is 74.9 Å². The molecule has 0 aromatic rings. The maximum Gasteiger partial charge on any atom is 1.00 e. The van der Waals surface area contributed by atoms with Gasteiger partial charge in [0.2, 0.25) is 0 Å². The second kappa shape index (κ2) is 19.1. The van der Waals surface area contributed by atoms with Crippen LogP contribution >= 0.6 is 0 Å². The molecule has 0 aliphatic heterocycles. The monoisotopic (exact) mass is 358 g/mol. The van der Waals surface area contributed by atoms with Crippen LogP contribution in [0.3, 0.4) is 0 Å². The van der Waals surface area contributed by atoms with E-state index in [9.17, 15) is 4.79 Å². The third kappa shape index (κ3) is 31.5. The van der Waals surface area contributed by atoms with Crippen LogP contribution in [0.2, 0.25) is 0 Å². The van der Waals surface area contributed by atoms with Crippen LogP contribution in [0.15, 0.2) is 37.0 Å². The van der Waals surface area contributed by atoms with Crippen molar-refractivity contribution < 1.29 is 78.8 Å². The fraction of sp³-hybridized carbons (Fsp3) is 0.429. The molecular weight excluding hydrogens is 333 g/mol. The number of rotatable bonds is 5. The first-order valence-corrected chi connectivity index (χ1v) is 5.09. The molecule has 3 heteroatoms. The minimum atomic E-state index is -0.790. The molecule has 0 saturated heterocycles. The molecule has 2 nitrogen and oxygen atoms in total. The van der Waals surface area contributed by atoms with E-state index in [4.69, 9.17) is 5.11 Å². The minimum Gasteiger partial charge on any atom is -0.481 e. The van der Waals surface area contributed by atoms with Crippen molar-refractivity contribution in [2.24, 2.45) is 5.92 Å². The summed E-state index contributed by atoms with van der Waals surface area (Å²) in [5.74, 6) is 0.0433. The molecule has 0 aromatic heterocycles. The molecule has 0 aliphatic rings. The number of hydrogen-bond donors (Lipinski definition) is 1. The normalized spacial score (nSPS) is 9.06. The number of aliphatic carboxylic acids is 1. The molecule has 0 saturated carbocycles. The molecule has 0 heterocycles. The Hall–Kier alpha value is 0.742. The first kappa shape index (κ1) is 26.3. The smallest absolute Gasteiger partial charge is 0.481 e.